The van der Waals surface area contributed by atoms with Crippen LogP contribution in [0.2, 0.25) is 0 Å². The van der Waals surface area contributed by atoms with Crippen LogP contribution >= 0.6 is 11.5 Å². The first-order valence-corrected chi connectivity index (χ1v) is 9.37. The number of nitrogens with one attached hydrogen (secondary N) is 1. The van der Waals surface area contributed by atoms with Crippen molar-refractivity contribution >= 4 is 26.6 Å². The first-order valence-electron chi connectivity index (χ1n) is 7.11. The van der Waals surface area contributed by atoms with Gasteiger partial charge in [-0.3, -0.25) is 4.72 Å². The number of imidazole rings is 1. The standard InChI is InChI=1S/C13H18N4O3S2/c1-3-10-14-13(8-17(10)7-9-4-5-9)22(18,19)16-12-6-11(20-2)15-21-12/h6,8-9,16H,3-5,7H2,1-2H3. The normalized spacial score (nSPS) is 15.0. The summed E-state index contributed by atoms with van der Waals surface area (Å²) in [6.07, 6.45) is 4.75. The van der Waals surface area contributed by atoms with Gasteiger partial charge >= 0.3 is 0 Å². The van der Waals surface area contributed by atoms with Gasteiger partial charge in [0, 0.05) is 25.2 Å². The first-order chi connectivity index (χ1) is 10.5. The Labute approximate surface area is 133 Å². The largest absolute Gasteiger partial charge is 0.480 e. The van der Waals surface area contributed by atoms with E-state index in [1.807, 2.05) is 11.5 Å². The molecule has 1 aliphatic carbocycles. The van der Waals surface area contributed by atoms with Gasteiger partial charge in [0.1, 0.15) is 10.8 Å². The highest BCUT2D eigenvalue weighted by Crippen LogP contribution is 2.31. The third-order valence-electron chi connectivity index (χ3n) is 3.51. The van der Waals surface area contributed by atoms with Crippen molar-refractivity contribution in [3.05, 3.63) is 18.1 Å². The summed E-state index contributed by atoms with van der Waals surface area (Å²) < 4.78 is 38.2. The maximum absolute atomic E-state index is 12.4. The Morgan fingerprint density at radius 3 is 2.86 bits per heavy atom. The summed E-state index contributed by atoms with van der Waals surface area (Å²) in [4.78, 5) is 4.27. The SMILES string of the molecule is CCc1nc(S(=O)(=O)Nc2cc(OC)ns2)cn1CC1CC1. The van der Waals surface area contributed by atoms with Crippen LogP contribution in [0.5, 0.6) is 5.88 Å². The molecule has 0 atom stereocenters. The quantitative estimate of drug-likeness (QED) is 0.833. The van der Waals surface area contributed by atoms with Crippen LogP contribution in [-0.4, -0.2) is 29.5 Å². The van der Waals surface area contributed by atoms with Gasteiger partial charge in [0.05, 0.1) is 7.11 Å². The molecule has 0 radical (unpaired) electrons. The molecule has 2 aromatic heterocycles. The van der Waals surface area contributed by atoms with E-state index in [1.165, 1.54) is 20.0 Å². The minimum Gasteiger partial charge on any atom is -0.480 e. The number of aryl methyl sites for hydroxylation is 1. The number of ether oxygens (including phenoxy) is 1. The Morgan fingerprint density at radius 2 is 2.27 bits per heavy atom. The van der Waals surface area contributed by atoms with Crippen LogP contribution in [0, 0.1) is 5.92 Å². The highest BCUT2D eigenvalue weighted by molar-refractivity contribution is 7.92. The molecule has 1 saturated carbocycles. The first kappa shape index (κ1) is 15.3. The van der Waals surface area contributed by atoms with E-state index >= 15 is 0 Å². The van der Waals surface area contributed by atoms with Crippen molar-refractivity contribution in [2.75, 3.05) is 11.8 Å². The fraction of sp³-hybridized carbons (Fsp3) is 0.538. The average molecular weight is 342 g/mol. The molecule has 22 heavy (non-hydrogen) atoms. The number of anilines is 1. The molecule has 2 heterocycles. The Kier molecular flexibility index (Phi) is 4.09. The van der Waals surface area contributed by atoms with Crippen molar-refractivity contribution in [1.29, 1.82) is 0 Å². The van der Waals surface area contributed by atoms with Crippen LogP contribution in [0.1, 0.15) is 25.6 Å². The molecule has 1 fully saturated rings. The van der Waals surface area contributed by atoms with Gasteiger partial charge in [0.25, 0.3) is 10.0 Å². The lowest BCUT2D eigenvalue weighted by Crippen LogP contribution is -2.12. The van der Waals surface area contributed by atoms with Crippen molar-refractivity contribution in [3.8, 4) is 5.88 Å². The van der Waals surface area contributed by atoms with Gasteiger partial charge < -0.3 is 9.30 Å². The number of sulfonamides is 1. The van der Waals surface area contributed by atoms with Crippen LogP contribution in [0.15, 0.2) is 17.3 Å². The molecule has 9 heteroatoms. The van der Waals surface area contributed by atoms with Gasteiger partial charge in [-0.05, 0) is 30.3 Å². The number of hydrogen-bond acceptors (Lipinski definition) is 6. The molecule has 0 aromatic carbocycles. The smallest absolute Gasteiger partial charge is 0.281 e. The lowest BCUT2D eigenvalue weighted by molar-refractivity contribution is 0.403. The van der Waals surface area contributed by atoms with Crippen LogP contribution in [0.4, 0.5) is 5.00 Å². The molecular weight excluding hydrogens is 324 g/mol. The summed E-state index contributed by atoms with van der Waals surface area (Å²) in [5.41, 5.74) is 0. The van der Waals surface area contributed by atoms with Gasteiger partial charge in [-0.1, -0.05) is 6.92 Å². The molecule has 1 N–H and O–H groups in total. The molecule has 0 amide bonds. The number of rotatable bonds is 7. The summed E-state index contributed by atoms with van der Waals surface area (Å²) in [6.45, 7) is 2.82. The Morgan fingerprint density at radius 1 is 1.50 bits per heavy atom. The highest BCUT2D eigenvalue weighted by atomic mass is 32.2. The van der Waals surface area contributed by atoms with E-state index < -0.39 is 10.0 Å². The summed E-state index contributed by atoms with van der Waals surface area (Å²) in [5.74, 6) is 1.85. The summed E-state index contributed by atoms with van der Waals surface area (Å²) >= 11 is 1.03. The molecule has 0 spiro atoms. The second-order valence-electron chi connectivity index (χ2n) is 5.28. The fourth-order valence-electron chi connectivity index (χ4n) is 2.16. The van der Waals surface area contributed by atoms with Crippen molar-refractivity contribution in [1.82, 2.24) is 13.9 Å². The third-order valence-corrected chi connectivity index (χ3v) is 5.57. The zero-order valence-corrected chi connectivity index (χ0v) is 14.1. The van der Waals surface area contributed by atoms with Gasteiger partial charge in [-0.25, -0.2) is 4.98 Å². The zero-order valence-electron chi connectivity index (χ0n) is 12.4. The molecular formula is C13H18N4O3S2. The lowest BCUT2D eigenvalue weighted by atomic mass is 10.4. The maximum atomic E-state index is 12.4. The zero-order chi connectivity index (χ0) is 15.7. The second kappa shape index (κ2) is 5.88. The average Bonchev–Trinajstić information content (AvgIpc) is 3.01. The Bertz CT molecular complexity index is 762. The minimum absolute atomic E-state index is 0.0531. The summed E-state index contributed by atoms with van der Waals surface area (Å²) in [7, 11) is -2.22. The molecule has 1 aliphatic rings. The van der Waals surface area contributed by atoms with Crippen molar-refractivity contribution in [2.24, 2.45) is 5.92 Å². The third kappa shape index (κ3) is 3.25. The monoisotopic (exact) mass is 342 g/mol. The van der Waals surface area contributed by atoms with Crippen LogP contribution in [0.25, 0.3) is 0 Å². The molecule has 3 rings (SSSR count). The van der Waals surface area contributed by atoms with E-state index in [0.717, 1.165) is 23.9 Å². The lowest BCUT2D eigenvalue weighted by Gasteiger charge is -2.03. The number of aromatic nitrogens is 3. The number of methoxy groups -OCH3 is 1. The van der Waals surface area contributed by atoms with Crippen molar-refractivity contribution in [2.45, 2.75) is 37.8 Å². The van der Waals surface area contributed by atoms with Crippen LogP contribution in [0.3, 0.4) is 0 Å². The molecule has 2 aromatic rings. The summed E-state index contributed by atoms with van der Waals surface area (Å²) in [6, 6.07) is 1.55. The van der Waals surface area contributed by atoms with E-state index in [-0.39, 0.29) is 5.03 Å². The predicted molar refractivity (Wildman–Crippen MR) is 83.8 cm³/mol. The van der Waals surface area contributed by atoms with Crippen molar-refractivity contribution < 1.29 is 13.2 Å². The molecule has 7 nitrogen and oxygen atoms in total. The van der Waals surface area contributed by atoms with Crippen LogP contribution in [-0.2, 0) is 23.0 Å². The Hall–Kier alpha value is -1.61. The van der Waals surface area contributed by atoms with E-state index in [1.54, 1.807) is 12.3 Å². The molecule has 0 bridgehead atoms. The summed E-state index contributed by atoms with van der Waals surface area (Å²) in [5, 5.41) is 0.462. The number of nitrogens with zero attached hydrogens (tertiary/aromatic N) is 3. The van der Waals surface area contributed by atoms with Gasteiger partial charge in [0.2, 0.25) is 5.88 Å². The van der Waals surface area contributed by atoms with E-state index in [9.17, 15) is 8.42 Å². The van der Waals surface area contributed by atoms with E-state index in [0.29, 0.717) is 23.2 Å². The topological polar surface area (TPSA) is 86.1 Å². The predicted octanol–water partition coefficient (Wildman–Crippen LogP) is 2.12. The molecule has 0 unspecified atom stereocenters. The maximum Gasteiger partial charge on any atom is 0.281 e. The molecule has 0 saturated heterocycles. The Balaban J connectivity index is 1.82. The molecule has 120 valence electrons. The van der Waals surface area contributed by atoms with E-state index in [2.05, 4.69) is 14.1 Å². The number of hydrogen-bond donors (Lipinski definition) is 1. The van der Waals surface area contributed by atoms with E-state index in [4.69, 9.17) is 4.74 Å². The van der Waals surface area contributed by atoms with Crippen molar-refractivity contribution in [3.63, 3.8) is 0 Å². The highest BCUT2D eigenvalue weighted by Gasteiger charge is 2.26. The van der Waals surface area contributed by atoms with Crippen LogP contribution < -0.4 is 9.46 Å². The molecule has 0 aliphatic heterocycles. The second-order valence-corrected chi connectivity index (χ2v) is 7.72. The van der Waals surface area contributed by atoms with Gasteiger partial charge in [-0.15, -0.1) is 0 Å². The van der Waals surface area contributed by atoms with Gasteiger partial charge in [-0.2, -0.15) is 12.8 Å². The minimum atomic E-state index is -3.70. The fourth-order valence-corrected chi connectivity index (χ4v) is 4.03. The van der Waals surface area contributed by atoms with Gasteiger partial charge in [0.15, 0.2) is 5.03 Å².